The summed E-state index contributed by atoms with van der Waals surface area (Å²) in [5.74, 6) is 0.973. The zero-order valence-corrected chi connectivity index (χ0v) is 17.3. The van der Waals surface area contributed by atoms with Crippen molar-refractivity contribution < 1.29 is 14.3 Å². The van der Waals surface area contributed by atoms with Crippen LogP contribution in [0.1, 0.15) is 25.8 Å². The van der Waals surface area contributed by atoms with E-state index in [1.807, 2.05) is 31.2 Å². The predicted molar refractivity (Wildman–Crippen MR) is 115 cm³/mol. The molecule has 0 aliphatic heterocycles. The molecule has 0 amide bonds. The number of hydrogen-bond acceptors (Lipinski definition) is 7. The van der Waals surface area contributed by atoms with Crippen LogP contribution < -0.4 is 19.6 Å². The number of para-hydroxylation sites is 2. The van der Waals surface area contributed by atoms with Crippen molar-refractivity contribution in [2.24, 2.45) is 0 Å². The van der Waals surface area contributed by atoms with Crippen LogP contribution in [0.3, 0.4) is 0 Å². The normalized spacial score (nSPS) is 11.7. The highest BCUT2D eigenvalue weighted by atomic mass is 32.1. The summed E-state index contributed by atoms with van der Waals surface area (Å²) in [6.07, 6.45) is 2.69. The number of aromatic nitrogens is 3. The highest BCUT2D eigenvalue weighted by Gasteiger charge is 2.16. The van der Waals surface area contributed by atoms with Crippen molar-refractivity contribution in [2.75, 3.05) is 6.61 Å². The number of hydrogen-bond donors (Lipinski definition) is 0. The number of carbonyl (C=O) groups is 1. The van der Waals surface area contributed by atoms with Gasteiger partial charge in [-0.3, -0.25) is 9.59 Å². The average molecular weight is 421 g/mol. The lowest BCUT2D eigenvalue weighted by Gasteiger charge is -2.07. The zero-order chi connectivity index (χ0) is 21.1. The molecule has 0 atom stereocenters. The van der Waals surface area contributed by atoms with E-state index in [1.54, 1.807) is 30.3 Å². The van der Waals surface area contributed by atoms with Gasteiger partial charge in [-0.05, 0) is 30.7 Å². The van der Waals surface area contributed by atoms with Crippen LogP contribution in [0.5, 0.6) is 11.5 Å². The Balaban J connectivity index is 1.76. The first-order valence-electron chi connectivity index (χ1n) is 9.47. The minimum Gasteiger partial charge on any atom is -0.493 e. The van der Waals surface area contributed by atoms with Crippen LogP contribution >= 0.6 is 11.3 Å². The molecule has 2 aromatic carbocycles. The zero-order valence-electron chi connectivity index (χ0n) is 16.5. The Hall–Kier alpha value is -3.52. The largest absolute Gasteiger partial charge is 0.493 e. The molecule has 0 bridgehead atoms. The van der Waals surface area contributed by atoms with Crippen LogP contribution in [0.25, 0.3) is 22.4 Å². The fourth-order valence-corrected chi connectivity index (χ4v) is 3.83. The number of fused-ring (bicyclic) bond motifs is 1. The molecule has 7 nitrogen and oxygen atoms in total. The topological polar surface area (TPSA) is 82.8 Å². The molecule has 0 aliphatic rings. The van der Waals surface area contributed by atoms with Crippen molar-refractivity contribution in [1.82, 2.24) is 14.6 Å². The maximum absolute atomic E-state index is 12.9. The van der Waals surface area contributed by atoms with Crippen LogP contribution in [0.4, 0.5) is 0 Å². The van der Waals surface area contributed by atoms with Gasteiger partial charge in [-0.1, -0.05) is 48.6 Å². The monoisotopic (exact) mass is 421 g/mol. The average Bonchev–Trinajstić information content (AvgIpc) is 3.27. The number of carbonyl (C=O) groups excluding carboxylic acids is 1. The van der Waals surface area contributed by atoms with Crippen molar-refractivity contribution >= 4 is 28.3 Å². The molecule has 0 N–H and O–H groups in total. The number of rotatable bonds is 6. The van der Waals surface area contributed by atoms with Crippen LogP contribution in [-0.4, -0.2) is 27.2 Å². The van der Waals surface area contributed by atoms with E-state index in [4.69, 9.17) is 9.47 Å². The van der Waals surface area contributed by atoms with E-state index in [0.717, 1.165) is 17.7 Å². The van der Waals surface area contributed by atoms with Crippen molar-refractivity contribution in [2.45, 2.75) is 20.3 Å². The van der Waals surface area contributed by atoms with E-state index < -0.39 is 5.97 Å². The minimum atomic E-state index is -0.436. The third kappa shape index (κ3) is 3.95. The Labute approximate surface area is 176 Å². The standard InChI is InChI=1S/C22H19N3O4S/c1-3-12-28-17-10-6-4-8-15(17)13-19-21(27)25-22(30-19)23-20(24-25)16-9-5-7-11-18(16)29-14(2)26/h4-11,13H,3,12H2,1-2H3. The summed E-state index contributed by atoms with van der Waals surface area (Å²) in [5, 5.41) is 4.35. The summed E-state index contributed by atoms with van der Waals surface area (Å²) >= 11 is 1.24. The second kappa shape index (κ2) is 8.46. The number of benzene rings is 2. The smallest absolute Gasteiger partial charge is 0.308 e. The van der Waals surface area contributed by atoms with E-state index in [0.29, 0.717) is 33.2 Å². The lowest BCUT2D eigenvalue weighted by atomic mass is 10.2. The van der Waals surface area contributed by atoms with Gasteiger partial charge in [0.05, 0.1) is 16.7 Å². The summed E-state index contributed by atoms with van der Waals surface area (Å²) in [6, 6.07) is 14.5. The highest BCUT2D eigenvalue weighted by molar-refractivity contribution is 7.15. The molecule has 30 heavy (non-hydrogen) atoms. The first-order valence-corrected chi connectivity index (χ1v) is 10.3. The quantitative estimate of drug-likeness (QED) is 0.351. The van der Waals surface area contributed by atoms with Crippen LogP contribution in [0.15, 0.2) is 53.3 Å². The van der Waals surface area contributed by atoms with Crippen LogP contribution in [-0.2, 0) is 4.79 Å². The predicted octanol–water partition coefficient (Wildman–Crippen LogP) is 3.08. The van der Waals surface area contributed by atoms with Crippen LogP contribution in [0.2, 0.25) is 0 Å². The van der Waals surface area contributed by atoms with E-state index in [2.05, 4.69) is 10.1 Å². The molecule has 0 unspecified atom stereocenters. The van der Waals surface area contributed by atoms with Gasteiger partial charge in [0.1, 0.15) is 11.5 Å². The fraction of sp³-hybridized carbons (Fsp3) is 0.182. The second-order valence-corrected chi connectivity index (χ2v) is 7.53. The van der Waals surface area contributed by atoms with E-state index in [1.165, 1.54) is 22.8 Å². The SMILES string of the molecule is CCCOc1ccccc1C=c1sc2nc(-c3ccccc3OC(C)=O)nn2c1=O. The number of esters is 1. The van der Waals surface area contributed by atoms with E-state index in [-0.39, 0.29) is 5.56 Å². The number of thiazole rings is 1. The molecule has 0 saturated heterocycles. The Morgan fingerprint density at radius 2 is 1.87 bits per heavy atom. The maximum Gasteiger partial charge on any atom is 0.308 e. The van der Waals surface area contributed by atoms with E-state index >= 15 is 0 Å². The van der Waals surface area contributed by atoms with Crippen molar-refractivity contribution in [1.29, 1.82) is 0 Å². The molecule has 8 heteroatoms. The molecule has 0 aliphatic carbocycles. The molecule has 4 rings (SSSR count). The van der Waals surface area contributed by atoms with Gasteiger partial charge in [0.15, 0.2) is 5.82 Å². The summed E-state index contributed by atoms with van der Waals surface area (Å²) in [4.78, 5) is 29.2. The van der Waals surface area contributed by atoms with Crippen LogP contribution in [0, 0.1) is 0 Å². The van der Waals surface area contributed by atoms with Gasteiger partial charge in [0.2, 0.25) is 4.96 Å². The summed E-state index contributed by atoms with van der Waals surface area (Å²) in [5.41, 5.74) is 1.11. The summed E-state index contributed by atoms with van der Waals surface area (Å²) < 4.78 is 12.8. The van der Waals surface area contributed by atoms with Gasteiger partial charge in [-0.15, -0.1) is 5.10 Å². The Morgan fingerprint density at radius 3 is 2.60 bits per heavy atom. The van der Waals surface area contributed by atoms with Gasteiger partial charge >= 0.3 is 5.97 Å². The first-order chi connectivity index (χ1) is 14.6. The van der Waals surface area contributed by atoms with Gasteiger partial charge in [-0.2, -0.15) is 9.50 Å². The lowest BCUT2D eigenvalue weighted by molar-refractivity contribution is -0.131. The minimum absolute atomic E-state index is 0.260. The molecule has 0 radical (unpaired) electrons. The molecule has 2 aromatic heterocycles. The van der Waals surface area contributed by atoms with Crippen molar-refractivity contribution in [3.8, 4) is 22.9 Å². The molecule has 0 saturated carbocycles. The van der Waals surface area contributed by atoms with Gasteiger partial charge in [0.25, 0.3) is 5.56 Å². The van der Waals surface area contributed by atoms with Gasteiger partial charge in [0, 0.05) is 12.5 Å². The molecule has 4 aromatic rings. The maximum atomic E-state index is 12.9. The van der Waals surface area contributed by atoms with E-state index in [9.17, 15) is 9.59 Å². The summed E-state index contributed by atoms with van der Waals surface area (Å²) in [6.45, 7) is 3.98. The third-order valence-corrected chi connectivity index (χ3v) is 5.19. The van der Waals surface area contributed by atoms with Crippen molar-refractivity contribution in [3.63, 3.8) is 0 Å². The Kier molecular flexibility index (Phi) is 5.58. The lowest BCUT2D eigenvalue weighted by Crippen LogP contribution is -2.23. The molecular formula is C22H19N3O4S. The second-order valence-electron chi connectivity index (χ2n) is 6.52. The molecule has 152 valence electrons. The molecule has 0 fully saturated rings. The Bertz CT molecular complexity index is 1330. The Morgan fingerprint density at radius 1 is 1.13 bits per heavy atom. The highest BCUT2D eigenvalue weighted by Crippen LogP contribution is 2.28. The third-order valence-electron chi connectivity index (χ3n) is 4.23. The molecule has 0 spiro atoms. The van der Waals surface area contributed by atoms with Crippen molar-refractivity contribution in [3.05, 3.63) is 69.0 Å². The molecular weight excluding hydrogens is 402 g/mol. The summed E-state index contributed by atoms with van der Waals surface area (Å²) in [7, 11) is 0. The fourth-order valence-electron chi connectivity index (χ4n) is 2.93. The first kappa shape index (κ1) is 19.8. The number of ether oxygens (including phenoxy) is 2. The number of nitrogens with zero attached hydrogens (tertiary/aromatic N) is 3. The van der Waals surface area contributed by atoms with Gasteiger partial charge < -0.3 is 9.47 Å². The van der Waals surface area contributed by atoms with Gasteiger partial charge in [-0.25, -0.2) is 0 Å². The molecule has 2 heterocycles.